The minimum absolute atomic E-state index is 0.00605. The van der Waals surface area contributed by atoms with Crippen molar-refractivity contribution in [2.24, 2.45) is 0 Å². The number of benzene rings is 3. The first-order valence-corrected chi connectivity index (χ1v) is 10.4. The number of amides is 1. The van der Waals surface area contributed by atoms with Crippen LogP contribution in [0.25, 0.3) is 21.9 Å². The Morgan fingerprint density at radius 2 is 1.58 bits per heavy atom. The van der Waals surface area contributed by atoms with Gasteiger partial charge in [0.05, 0.1) is 7.11 Å². The van der Waals surface area contributed by atoms with Crippen LogP contribution in [0.5, 0.6) is 11.5 Å². The minimum Gasteiger partial charge on any atom is -0.497 e. The molecule has 3 aromatic carbocycles. The van der Waals surface area contributed by atoms with Crippen molar-refractivity contribution in [2.45, 2.75) is 0 Å². The number of anilines is 1. The molecule has 31 heavy (non-hydrogen) atoms. The molecule has 1 fully saturated rings. The third-order valence-electron chi connectivity index (χ3n) is 5.78. The highest BCUT2D eigenvalue weighted by Crippen LogP contribution is 2.31. The highest BCUT2D eigenvalue weighted by molar-refractivity contribution is 6.05. The second-order valence-electron chi connectivity index (χ2n) is 7.61. The molecule has 0 spiro atoms. The van der Waals surface area contributed by atoms with Gasteiger partial charge in [-0.05, 0) is 48.5 Å². The number of piperazine rings is 1. The van der Waals surface area contributed by atoms with Gasteiger partial charge in [-0.15, -0.1) is 0 Å². The summed E-state index contributed by atoms with van der Waals surface area (Å²) in [5, 5.41) is 2.04. The van der Waals surface area contributed by atoms with Gasteiger partial charge in [-0.1, -0.05) is 18.2 Å². The van der Waals surface area contributed by atoms with Crippen molar-refractivity contribution in [3.8, 4) is 11.5 Å². The molecule has 0 saturated carbocycles. The molecule has 1 amide bonds. The Balaban J connectivity index is 1.19. The highest BCUT2D eigenvalue weighted by Gasteiger charge is 2.21. The largest absolute Gasteiger partial charge is 0.497 e. The lowest BCUT2D eigenvalue weighted by molar-refractivity contribution is -0.133. The van der Waals surface area contributed by atoms with E-state index in [2.05, 4.69) is 17.0 Å². The van der Waals surface area contributed by atoms with Crippen LogP contribution in [0.3, 0.4) is 0 Å². The molecular formula is C25H24N2O4. The van der Waals surface area contributed by atoms with Crippen molar-refractivity contribution in [2.75, 3.05) is 44.8 Å². The lowest BCUT2D eigenvalue weighted by Crippen LogP contribution is -2.50. The monoisotopic (exact) mass is 416 g/mol. The quantitative estimate of drug-likeness (QED) is 0.485. The second kappa shape index (κ2) is 8.22. The Morgan fingerprint density at radius 3 is 2.35 bits per heavy atom. The number of carbonyl (C=O) groups excluding carboxylic acids is 1. The number of methoxy groups -OCH3 is 1. The number of para-hydroxylation sites is 1. The van der Waals surface area contributed by atoms with E-state index >= 15 is 0 Å². The topological polar surface area (TPSA) is 55.2 Å². The van der Waals surface area contributed by atoms with Crippen LogP contribution in [-0.4, -0.2) is 50.7 Å². The first-order chi connectivity index (χ1) is 15.2. The zero-order valence-corrected chi connectivity index (χ0v) is 17.4. The van der Waals surface area contributed by atoms with Gasteiger partial charge in [-0.2, -0.15) is 0 Å². The van der Waals surface area contributed by atoms with Crippen LogP contribution in [-0.2, 0) is 4.79 Å². The number of rotatable bonds is 5. The Kier molecular flexibility index (Phi) is 5.12. The molecule has 0 aliphatic carbocycles. The van der Waals surface area contributed by atoms with Gasteiger partial charge < -0.3 is 23.7 Å². The van der Waals surface area contributed by atoms with E-state index in [9.17, 15) is 4.79 Å². The summed E-state index contributed by atoms with van der Waals surface area (Å²) in [6.45, 7) is 2.99. The summed E-state index contributed by atoms with van der Waals surface area (Å²) in [4.78, 5) is 16.8. The number of ether oxygens (including phenoxy) is 2. The van der Waals surface area contributed by atoms with E-state index in [0.717, 1.165) is 46.5 Å². The van der Waals surface area contributed by atoms with Crippen LogP contribution < -0.4 is 14.4 Å². The maximum atomic E-state index is 12.7. The normalized spacial score (nSPS) is 14.2. The van der Waals surface area contributed by atoms with Crippen molar-refractivity contribution in [1.82, 2.24) is 4.90 Å². The molecule has 6 heteroatoms. The van der Waals surface area contributed by atoms with Crippen LogP contribution in [0, 0.1) is 0 Å². The second-order valence-corrected chi connectivity index (χ2v) is 7.61. The minimum atomic E-state index is 0.00605. The summed E-state index contributed by atoms with van der Waals surface area (Å²) in [7, 11) is 1.66. The van der Waals surface area contributed by atoms with Gasteiger partial charge in [0.2, 0.25) is 0 Å². The van der Waals surface area contributed by atoms with Crippen molar-refractivity contribution in [3.63, 3.8) is 0 Å². The fourth-order valence-electron chi connectivity index (χ4n) is 4.04. The van der Waals surface area contributed by atoms with Crippen LogP contribution in [0.2, 0.25) is 0 Å². The summed E-state index contributed by atoms with van der Waals surface area (Å²) < 4.78 is 16.9. The summed E-state index contributed by atoms with van der Waals surface area (Å²) >= 11 is 0. The zero-order valence-electron chi connectivity index (χ0n) is 17.4. The summed E-state index contributed by atoms with van der Waals surface area (Å²) in [5.41, 5.74) is 2.81. The molecule has 0 atom stereocenters. The first kappa shape index (κ1) is 19.3. The molecule has 0 bridgehead atoms. The highest BCUT2D eigenvalue weighted by atomic mass is 16.5. The third-order valence-corrected chi connectivity index (χ3v) is 5.78. The summed E-state index contributed by atoms with van der Waals surface area (Å²) in [6.07, 6.45) is 0. The Labute approximate surface area is 180 Å². The van der Waals surface area contributed by atoms with Crippen molar-refractivity contribution in [3.05, 3.63) is 66.7 Å². The molecule has 1 saturated heterocycles. The molecule has 1 aliphatic heterocycles. The van der Waals surface area contributed by atoms with E-state index in [1.54, 1.807) is 7.11 Å². The predicted molar refractivity (Wildman–Crippen MR) is 121 cm³/mol. The first-order valence-electron chi connectivity index (χ1n) is 10.4. The number of hydrogen-bond donors (Lipinski definition) is 0. The molecule has 1 aliphatic rings. The number of nitrogens with zero attached hydrogens (tertiary/aromatic N) is 2. The average molecular weight is 416 g/mol. The number of furan rings is 1. The van der Waals surface area contributed by atoms with Gasteiger partial charge >= 0.3 is 0 Å². The van der Waals surface area contributed by atoms with Crippen molar-refractivity contribution < 1.29 is 18.7 Å². The molecule has 0 unspecified atom stereocenters. The van der Waals surface area contributed by atoms with Gasteiger partial charge in [-0.25, -0.2) is 0 Å². The number of hydrogen-bond acceptors (Lipinski definition) is 5. The molecule has 0 N–H and O–H groups in total. The van der Waals surface area contributed by atoms with Crippen molar-refractivity contribution in [1.29, 1.82) is 0 Å². The lowest BCUT2D eigenvalue weighted by atomic mass is 10.1. The average Bonchev–Trinajstić information content (AvgIpc) is 3.21. The van der Waals surface area contributed by atoms with Gasteiger partial charge in [0, 0.05) is 42.6 Å². The van der Waals surface area contributed by atoms with E-state index in [1.165, 1.54) is 0 Å². The summed E-state index contributed by atoms with van der Waals surface area (Å²) in [5.74, 6) is 1.52. The van der Waals surface area contributed by atoms with Crippen LogP contribution in [0.15, 0.2) is 71.1 Å². The standard InChI is InChI=1S/C25H24N2O4/c1-29-19-8-6-18(7-9-19)26-12-14-27(15-13-26)25(28)17-30-20-10-11-24-22(16-20)21-4-2-3-5-23(21)31-24/h2-11,16H,12-15,17H2,1H3. The third kappa shape index (κ3) is 3.89. The van der Waals surface area contributed by atoms with Crippen LogP contribution in [0.4, 0.5) is 5.69 Å². The van der Waals surface area contributed by atoms with Gasteiger partial charge in [0.1, 0.15) is 22.7 Å². The van der Waals surface area contributed by atoms with E-state index in [1.807, 2.05) is 59.5 Å². The van der Waals surface area contributed by atoms with Gasteiger partial charge in [0.15, 0.2) is 6.61 Å². The molecule has 5 rings (SSSR count). The smallest absolute Gasteiger partial charge is 0.260 e. The van der Waals surface area contributed by atoms with Gasteiger partial charge in [-0.3, -0.25) is 4.79 Å². The SMILES string of the molecule is COc1ccc(N2CCN(C(=O)COc3ccc4oc5ccccc5c4c3)CC2)cc1. The fraction of sp³-hybridized carbons (Fsp3) is 0.240. The summed E-state index contributed by atoms with van der Waals surface area (Å²) in [6, 6.07) is 21.6. The van der Waals surface area contributed by atoms with Crippen molar-refractivity contribution >= 4 is 33.5 Å². The molecule has 6 nitrogen and oxygen atoms in total. The predicted octanol–water partition coefficient (Wildman–Crippen LogP) is 4.32. The van der Waals surface area contributed by atoms with E-state index in [4.69, 9.17) is 13.9 Å². The van der Waals surface area contributed by atoms with Crippen LogP contribution >= 0.6 is 0 Å². The maximum absolute atomic E-state index is 12.7. The number of fused-ring (bicyclic) bond motifs is 3. The molecular weight excluding hydrogens is 392 g/mol. The van der Waals surface area contributed by atoms with Crippen LogP contribution in [0.1, 0.15) is 0 Å². The molecule has 1 aromatic heterocycles. The van der Waals surface area contributed by atoms with E-state index in [0.29, 0.717) is 18.8 Å². The maximum Gasteiger partial charge on any atom is 0.260 e. The molecule has 158 valence electrons. The molecule has 4 aromatic rings. The molecule has 2 heterocycles. The molecule has 0 radical (unpaired) electrons. The van der Waals surface area contributed by atoms with E-state index in [-0.39, 0.29) is 12.5 Å². The fourth-order valence-corrected chi connectivity index (χ4v) is 4.04. The van der Waals surface area contributed by atoms with E-state index < -0.39 is 0 Å². The number of carbonyl (C=O) groups is 1. The Bertz CT molecular complexity index is 1210. The van der Waals surface area contributed by atoms with Gasteiger partial charge in [0.25, 0.3) is 5.91 Å². The zero-order chi connectivity index (χ0) is 21.2. The lowest BCUT2D eigenvalue weighted by Gasteiger charge is -2.36. The Morgan fingerprint density at radius 1 is 0.871 bits per heavy atom. The Hall–Kier alpha value is -3.67.